The molecular formula is C62H101NO7. The predicted molar refractivity (Wildman–Crippen MR) is 295 cm³/mol. The van der Waals surface area contributed by atoms with Crippen LogP contribution in [0, 0.1) is 0 Å². The van der Waals surface area contributed by atoms with Crippen molar-refractivity contribution in [3.05, 3.63) is 122 Å². The number of hydrogen-bond donors (Lipinski definition) is 0. The van der Waals surface area contributed by atoms with Gasteiger partial charge in [0, 0.05) is 19.3 Å². The lowest BCUT2D eigenvalue weighted by Crippen LogP contribution is -2.55. The molecule has 70 heavy (non-hydrogen) atoms. The molecule has 0 aliphatic carbocycles. The summed E-state index contributed by atoms with van der Waals surface area (Å²) in [5.74, 6) is -1.78. The molecule has 0 aromatic rings. The highest BCUT2D eigenvalue weighted by atomic mass is 16.6. The van der Waals surface area contributed by atoms with Crippen LogP contribution in [0.15, 0.2) is 122 Å². The van der Waals surface area contributed by atoms with Crippen LogP contribution >= 0.6 is 0 Å². The Balaban J connectivity index is 4.29. The number of esters is 2. The molecule has 2 unspecified atom stereocenters. The Morgan fingerprint density at radius 1 is 0.429 bits per heavy atom. The molecule has 8 heteroatoms. The molecule has 0 radical (unpaired) electrons. The number of aliphatic carboxylic acids is 1. The fraction of sp³-hybridized carbons (Fsp3) is 0.629. The zero-order valence-electron chi connectivity index (χ0n) is 45.1. The number of carbonyl (C=O) groups is 3. The van der Waals surface area contributed by atoms with Crippen LogP contribution in [-0.4, -0.2) is 75.5 Å². The number of nitrogens with zero attached hydrogens (tertiary/aromatic N) is 1. The second-order valence-electron chi connectivity index (χ2n) is 19.1. The second kappa shape index (κ2) is 51.1. The normalized spacial score (nSPS) is 13.8. The highest BCUT2D eigenvalue weighted by Gasteiger charge is 2.25. The van der Waals surface area contributed by atoms with Gasteiger partial charge in [0.2, 0.25) is 0 Å². The largest absolute Gasteiger partial charge is 0.544 e. The summed E-state index contributed by atoms with van der Waals surface area (Å²) >= 11 is 0. The van der Waals surface area contributed by atoms with E-state index in [1.54, 1.807) is 21.1 Å². The number of likely N-dealkylation sites (N-methyl/N-ethyl adjacent to an activating group) is 1. The van der Waals surface area contributed by atoms with Crippen molar-refractivity contribution < 1.29 is 38.2 Å². The zero-order chi connectivity index (χ0) is 51.3. The number of quaternary nitrogens is 1. The topological polar surface area (TPSA) is 102 Å². The van der Waals surface area contributed by atoms with Crippen LogP contribution < -0.4 is 5.11 Å². The summed E-state index contributed by atoms with van der Waals surface area (Å²) in [5.41, 5.74) is 0. The minimum Gasteiger partial charge on any atom is -0.544 e. The first-order chi connectivity index (χ1) is 34.1. The van der Waals surface area contributed by atoms with Gasteiger partial charge in [-0.15, -0.1) is 0 Å². The summed E-state index contributed by atoms with van der Waals surface area (Å²) in [6.07, 6.45) is 72.3. The molecule has 0 rings (SSSR count). The Kier molecular flexibility index (Phi) is 48.0. The number of unbranched alkanes of at least 4 members (excludes halogenated alkanes) is 14. The van der Waals surface area contributed by atoms with Gasteiger partial charge in [-0.3, -0.25) is 9.59 Å². The lowest BCUT2D eigenvalue weighted by Gasteiger charge is -2.34. The highest BCUT2D eigenvalue weighted by molar-refractivity contribution is 5.70. The average molecular weight is 972 g/mol. The molecule has 2 atom stereocenters. The molecule has 0 aromatic carbocycles. The third-order valence-corrected chi connectivity index (χ3v) is 11.6. The van der Waals surface area contributed by atoms with Crippen molar-refractivity contribution in [2.45, 2.75) is 212 Å². The SMILES string of the molecule is CC/C=C/C/C=C/C/C=C/C/C=C/C/C=C/C/C=C/CCCCCCC(=O)OCC(COCCC(C(=O)[O-])[N+](C)(C)C)OC(=O)CCCCCCCCCCCC/C=C/C/C=C/C/C=C/C/C=C/CC. The summed E-state index contributed by atoms with van der Waals surface area (Å²) in [4.78, 5) is 37.1. The van der Waals surface area contributed by atoms with E-state index < -0.39 is 18.1 Å². The van der Waals surface area contributed by atoms with E-state index in [4.69, 9.17) is 14.2 Å². The molecule has 396 valence electrons. The zero-order valence-corrected chi connectivity index (χ0v) is 45.1. The minimum atomic E-state index is -1.13. The predicted octanol–water partition coefficient (Wildman–Crippen LogP) is 15.2. The summed E-state index contributed by atoms with van der Waals surface area (Å²) < 4.78 is 17.2. The van der Waals surface area contributed by atoms with Gasteiger partial charge in [0.25, 0.3) is 0 Å². The number of rotatable bonds is 48. The number of allylic oxidation sites excluding steroid dienone is 20. The van der Waals surface area contributed by atoms with E-state index in [0.29, 0.717) is 12.8 Å². The van der Waals surface area contributed by atoms with Crippen LogP contribution in [0.2, 0.25) is 0 Å². The van der Waals surface area contributed by atoms with E-state index in [1.807, 2.05) is 0 Å². The summed E-state index contributed by atoms with van der Waals surface area (Å²) in [5, 5.41) is 11.7. The standard InChI is InChI=1S/C62H101NO7/c1-6-8-10-12-14-16-18-20-22-24-26-28-30-32-34-36-38-40-42-44-46-48-50-52-60(64)69-57-58(56-68-55-54-59(62(66)67)63(3,4)5)70-61(65)53-51-49-47-45-43-41-39-37-35-33-31-29-27-25-23-21-19-17-15-13-11-9-7-2/h8-11,14-17,20-23,26-29,32,34,38,40,58-59H,6-7,12-13,18-19,24-25,30-31,33,35-37,39,41-57H2,1-5H3/b10-8+,11-9+,16-14+,17-15+,22-20+,23-21+,28-26+,29-27+,34-32+,40-38+. The molecule has 0 aliphatic rings. The molecule has 0 aliphatic heterocycles. The van der Waals surface area contributed by atoms with Crippen LogP contribution in [0.25, 0.3) is 0 Å². The van der Waals surface area contributed by atoms with Crippen molar-refractivity contribution in [2.24, 2.45) is 0 Å². The number of ether oxygens (including phenoxy) is 3. The van der Waals surface area contributed by atoms with Crippen LogP contribution in [0.5, 0.6) is 0 Å². The van der Waals surface area contributed by atoms with Crippen molar-refractivity contribution in [1.82, 2.24) is 0 Å². The van der Waals surface area contributed by atoms with Gasteiger partial charge in [-0.1, -0.05) is 200 Å². The molecule has 0 heterocycles. The van der Waals surface area contributed by atoms with Crippen LogP contribution in [-0.2, 0) is 28.6 Å². The first-order valence-corrected chi connectivity index (χ1v) is 27.6. The van der Waals surface area contributed by atoms with E-state index in [1.165, 1.54) is 44.9 Å². The van der Waals surface area contributed by atoms with Gasteiger partial charge in [-0.05, 0) is 103 Å². The number of hydrogen-bond acceptors (Lipinski definition) is 7. The van der Waals surface area contributed by atoms with Gasteiger partial charge in [-0.25, -0.2) is 0 Å². The van der Waals surface area contributed by atoms with Crippen LogP contribution in [0.3, 0.4) is 0 Å². The fourth-order valence-electron chi connectivity index (χ4n) is 7.42. The molecular weight excluding hydrogens is 871 g/mol. The van der Waals surface area contributed by atoms with E-state index in [9.17, 15) is 19.5 Å². The first kappa shape index (κ1) is 65.7. The minimum absolute atomic E-state index is 0.0228. The first-order valence-electron chi connectivity index (χ1n) is 27.6. The van der Waals surface area contributed by atoms with Gasteiger partial charge in [0.05, 0.1) is 40.3 Å². The van der Waals surface area contributed by atoms with Crippen molar-refractivity contribution in [3.63, 3.8) is 0 Å². The summed E-state index contributed by atoms with van der Waals surface area (Å²) in [6.45, 7) is 4.40. The Morgan fingerprint density at radius 3 is 1.11 bits per heavy atom. The third-order valence-electron chi connectivity index (χ3n) is 11.6. The second-order valence-corrected chi connectivity index (χ2v) is 19.1. The third kappa shape index (κ3) is 48.7. The van der Waals surface area contributed by atoms with Gasteiger partial charge in [-0.2, -0.15) is 0 Å². The highest BCUT2D eigenvalue weighted by Crippen LogP contribution is 2.14. The molecule has 0 bridgehead atoms. The van der Waals surface area contributed by atoms with E-state index in [-0.39, 0.29) is 42.7 Å². The molecule has 0 saturated heterocycles. The average Bonchev–Trinajstić information content (AvgIpc) is 3.33. The molecule has 0 aromatic heterocycles. The van der Waals surface area contributed by atoms with E-state index >= 15 is 0 Å². The van der Waals surface area contributed by atoms with Crippen molar-refractivity contribution >= 4 is 17.9 Å². The maximum Gasteiger partial charge on any atom is 0.306 e. The van der Waals surface area contributed by atoms with Crippen molar-refractivity contribution in [2.75, 3.05) is 41.0 Å². The maximum absolute atomic E-state index is 12.8. The Labute approximate surface area is 429 Å². The Bertz CT molecular complexity index is 1550. The van der Waals surface area contributed by atoms with E-state index in [0.717, 1.165) is 122 Å². The van der Waals surface area contributed by atoms with Gasteiger partial charge >= 0.3 is 11.9 Å². The quantitative estimate of drug-likeness (QED) is 0.0259. The van der Waals surface area contributed by atoms with Crippen LogP contribution in [0.4, 0.5) is 0 Å². The van der Waals surface area contributed by atoms with Crippen molar-refractivity contribution in [1.29, 1.82) is 0 Å². The number of carbonyl (C=O) groups excluding carboxylic acids is 3. The molecule has 0 N–H and O–H groups in total. The Hall–Kier alpha value is -4.27. The molecule has 0 spiro atoms. The molecule has 0 fully saturated rings. The summed E-state index contributed by atoms with van der Waals surface area (Å²) in [6, 6.07) is -0.739. The fourth-order valence-corrected chi connectivity index (χ4v) is 7.42. The molecule has 0 amide bonds. The number of carboxylic acids is 1. The Morgan fingerprint density at radius 2 is 0.757 bits per heavy atom. The van der Waals surface area contributed by atoms with Crippen molar-refractivity contribution in [3.8, 4) is 0 Å². The van der Waals surface area contributed by atoms with Gasteiger partial charge < -0.3 is 28.6 Å². The van der Waals surface area contributed by atoms with Gasteiger partial charge in [0.15, 0.2) is 6.10 Å². The van der Waals surface area contributed by atoms with Gasteiger partial charge in [0.1, 0.15) is 12.6 Å². The van der Waals surface area contributed by atoms with Crippen LogP contribution in [0.1, 0.15) is 200 Å². The lowest BCUT2D eigenvalue weighted by atomic mass is 10.0. The van der Waals surface area contributed by atoms with E-state index in [2.05, 4.69) is 135 Å². The smallest absolute Gasteiger partial charge is 0.306 e. The lowest BCUT2D eigenvalue weighted by molar-refractivity contribution is -0.889. The monoisotopic (exact) mass is 972 g/mol. The molecule has 0 saturated carbocycles. The molecule has 8 nitrogen and oxygen atoms in total. The maximum atomic E-state index is 12.8. The summed E-state index contributed by atoms with van der Waals surface area (Å²) in [7, 11) is 5.40. The number of carboxylic acid groups (broad SMARTS) is 1.